The van der Waals surface area contributed by atoms with Gasteiger partial charge < -0.3 is 20.3 Å². The molecule has 0 aromatic heterocycles. The first-order valence-electron chi connectivity index (χ1n) is 10.7. The Bertz CT molecular complexity index is 530. The van der Waals surface area contributed by atoms with Gasteiger partial charge in [-0.1, -0.05) is 12.8 Å². The smallest absolute Gasteiger partial charge is 0.407 e. The lowest BCUT2D eigenvalue weighted by Crippen LogP contribution is -2.42. The van der Waals surface area contributed by atoms with Gasteiger partial charge in [-0.2, -0.15) is 0 Å². The van der Waals surface area contributed by atoms with Gasteiger partial charge in [-0.05, 0) is 58.3 Å². The highest BCUT2D eigenvalue weighted by Gasteiger charge is 2.26. The van der Waals surface area contributed by atoms with Crippen LogP contribution in [0.5, 0.6) is 0 Å². The second kappa shape index (κ2) is 10.7. The molecule has 0 atom stereocenters. The van der Waals surface area contributed by atoms with Crippen LogP contribution in [0.3, 0.4) is 0 Å². The Morgan fingerprint density at radius 2 is 1.61 bits per heavy atom. The topological polar surface area (TPSA) is 87.7 Å². The van der Waals surface area contributed by atoms with Crippen molar-refractivity contribution >= 4 is 17.9 Å². The summed E-state index contributed by atoms with van der Waals surface area (Å²) >= 11 is 0. The molecular formula is C21H37N3O4. The maximum Gasteiger partial charge on any atom is 0.407 e. The van der Waals surface area contributed by atoms with Crippen molar-refractivity contribution in [3.63, 3.8) is 0 Å². The van der Waals surface area contributed by atoms with E-state index < -0.39 is 11.7 Å². The van der Waals surface area contributed by atoms with Gasteiger partial charge in [0.2, 0.25) is 11.8 Å². The summed E-state index contributed by atoms with van der Waals surface area (Å²) in [4.78, 5) is 37.9. The molecular weight excluding hydrogens is 358 g/mol. The van der Waals surface area contributed by atoms with Gasteiger partial charge in [-0.3, -0.25) is 9.59 Å². The van der Waals surface area contributed by atoms with E-state index in [1.54, 1.807) is 20.8 Å². The maximum absolute atomic E-state index is 12.4. The predicted octanol–water partition coefficient (Wildman–Crippen LogP) is 2.84. The van der Waals surface area contributed by atoms with E-state index in [-0.39, 0.29) is 18.9 Å². The molecule has 1 heterocycles. The summed E-state index contributed by atoms with van der Waals surface area (Å²) in [6, 6.07) is 0. The van der Waals surface area contributed by atoms with Crippen LogP contribution in [-0.2, 0) is 14.3 Å². The van der Waals surface area contributed by atoms with E-state index in [1.807, 2.05) is 4.90 Å². The number of piperidine rings is 1. The van der Waals surface area contributed by atoms with Crippen LogP contribution in [0, 0.1) is 11.8 Å². The van der Waals surface area contributed by atoms with Gasteiger partial charge in [0.25, 0.3) is 0 Å². The van der Waals surface area contributed by atoms with Crippen molar-refractivity contribution in [2.45, 2.75) is 77.7 Å². The number of nitrogens with zero attached hydrogens (tertiary/aromatic N) is 1. The molecule has 3 amide bonds. The van der Waals surface area contributed by atoms with Crippen molar-refractivity contribution in [3.05, 3.63) is 0 Å². The first-order valence-corrected chi connectivity index (χ1v) is 10.7. The van der Waals surface area contributed by atoms with Crippen molar-refractivity contribution in [2.24, 2.45) is 11.8 Å². The third-order valence-corrected chi connectivity index (χ3v) is 5.51. The van der Waals surface area contributed by atoms with Gasteiger partial charge >= 0.3 is 6.09 Å². The molecule has 1 saturated heterocycles. The zero-order valence-electron chi connectivity index (χ0n) is 17.7. The van der Waals surface area contributed by atoms with Crippen LogP contribution in [0.2, 0.25) is 0 Å². The molecule has 1 aliphatic carbocycles. The molecule has 2 N–H and O–H groups in total. The van der Waals surface area contributed by atoms with E-state index in [0.717, 1.165) is 25.9 Å². The number of alkyl carbamates (subject to hydrolysis) is 1. The van der Waals surface area contributed by atoms with Crippen molar-refractivity contribution in [3.8, 4) is 0 Å². The molecule has 0 unspecified atom stereocenters. The Labute approximate surface area is 168 Å². The van der Waals surface area contributed by atoms with Crippen molar-refractivity contribution < 1.29 is 19.1 Å². The summed E-state index contributed by atoms with van der Waals surface area (Å²) in [5.74, 6) is 1.25. The Balaban J connectivity index is 1.54. The Hall–Kier alpha value is -1.79. The van der Waals surface area contributed by atoms with Crippen molar-refractivity contribution in [2.75, 3.05) is 26.2 Å². The van der Waals surface area contributed by atoms with E-state index in [4.69, 9.17) is 4.74 Å². The monoisotopic (exact) mass is 395 g/mol. The van der Waals surface area contributed by atoms with Gasteiger partial charge in [-0.15, -0.1) is 0 Å². The number of nitrogens with one attached hydrogen (secondary N) is 2. The fraction of sp³-hybridized carbons (Fsp3) is 0.857. The molecule has 0 bridgehead atoms. The third-order valence-electron chi connectivity index (χ3n) is 5.51. The fourth-order valence-corrected chi connectivity index (χ4v) is 3.92. The molecule has 28 heavy (non-hydrogen) atoms. The minimum absolute atomic E-state index is 0.0733. The van der Waals surface area contributed by atoms with Gasteiger partial charge in [0, 0.05) is 39.0 Å². The second-order valence-electron chi connectivity index (χ2n) is 9.16. The predicted molar refractivity (Wildman–Crippen MR) is 108 cm³/mol. The van der Waals surface area contributed by atoms with Crippen LogP contribution in [0.4, 0.5) is 4.79 Å². The van der Waals surface area contributed by atoms with Crippen LogP contribution in [0.15, 0.2) is 0 Å². The molecule has 7 nitrogen and oxygen atoms in total. The van der Waals surface area contributed by atoms with E-state index in [9.17, 15) is 14.4 Å². The molecule has 0 radical (unpaired) electrons. The van der Waals surface area contributed by atoms with E-state index in [0.29, 0.717) is 30.7 Å². The number of carbonyl (C=O) groups is 3. The standard InChI is InChI=1S/C21H37N3O4/c1-21(2,3)28-20(27)22-11-8-18(25)23-15-17-9-12-24(13-10-17)19(26)14-16-6-4-5-7-16/h16-17H,4-15H2,1-3H3,(H,22,27)(H,23,25). The minimum Gasteiger partial charge on any atom is -0.444 e. The maximum atomic E-state index is 12.4. The molecule has 1 saturated carbocycles. The normalized spacial score (nSPS) is 18.8. The molecule has 2 rings (SSSR count). The van der Waals surface area contributed by atoms with E-state index in [2.05, 4.69) is 10.6 Å². The number of hydrogen-bond acceptors (Lipinski definition) is 4. The largest absolute Gasteiger partial charge is 0.444 e. The molecule has 160 valence electrons. The Morgan fingerprint density at radius 3 is 2.21 bits per heavy atom. The number of hydrogen-bond donors (Lipinski definition) is 2. The average molecular weight is 396 g/mol. The average Bonchev–Trinajstić information content (AvgIpc) is 3.12. The minimum atomic E-state index is -0.542. The molecule has 7 heteroatoms. The third kappa shape index (κ3) is 8.48. The summed E-state index contributed by atoms with van der Waals surface area (Å²) in [5, 5.41) is 5.53. The zero-order chi connectivity index (χ0) is 20.6. The van der Waals surface area contributed by atoms with Crippen molar-refractivity contribution in [1.82, 2.24) is 15.5 Å². The van der Waals surface area contributed by atoms with Gasteiger partial charge in [0.05, 0.1) is 0 Å². The SMILES string of the molecule is CC(C)(C)OC(=O)NCCC(=O)NCC1CCN(C(=O)CC2CCCC2)CC1. The lowest BCUT2D eigenvalue weighted by Gasteiger charge is -2.32. The molecule has 0 aromatic rings. The number of rotatable bonds is 7. The van der Waals surface area contributed by atoms with Crippen LogP contribution < -0.4 is 10.6 Å². The number of amides is 3. The highest BCUT2D eigenvalue weighted by molar-refractivity contribution is 5.77. The highest BCUT2D eigenvalue weighted by atomic mass is 16.6. The number of likely N-dealkylation sites (tertiary alicyclic amines) is 1. The van der Waals surface area contributed by atoms with E-state index in [1.165, 1.54) is 25.7 Å². The first-order chi connectivity index (χ1) is 13.2. The number of ether oxygens (including phenoxy) is 1. The summed E-state index contributed by atoms with van der Waals surface area (Å²) in [5.41, 5.74) is -0.542. The zero-order valence-corrected chi connectivity index (χ0v) is 17.7. The highest BCUT2D eigenvalue weighted by Crippen LogP contribution is 2.28. The van der Waals surface area contributed by atoms with Gasteiger partial charge in [0.1, 0.15) is 5.60 Å². The second-order valence-corrected chi connectivity index (χ2v) is 9.16. The first kappa shape index (κ1) is 22.5. The van der Waals surface area contributed by atoms with Crippen LogP contribution in [-0.4, -0.2) is 54.6 Å². The molecule has 1 aliphatic heterocycles. The van der Waals surface area contributed by atoms with Crippen LogP contribution in [0.1, 0.15) is 72.1 Å². The lowest BCUT2D eigenvalue weighted by molar-refractivity contribution is -0.133. The van der Waals surface area contributed by atoms with E-state index >= 15 is 0 Å². The van der Waals surface area contributed by atoms with Crippen LogP contribution >= 0.6 is 0 Å². The van der Waals surface area contributed by atoms with Gasteiger partial charge in [-0.25, -0.2) is 4.79 Å². The number of carbonyl (C=O) groups excluding carboxylic acids is 3. The summed E-state index contributed by atoms with van der Waals surface area (Å²) in [6.07, 6.45) is 7.27. The van der Waals surface area contributed by atoms with Crippen LogP contribution in [0.25, 0.3) is 0 Å². The summed E-state index contributed by atoms with van der Waals surface area (Å²) in [7, 11) is 0. The lowest BCUT2D eigenvalue weighted by atomic mass is 9.95. The summed E-state index contributed by atoms with van der Waals surface area (Å²) < 4.78 is 5.13. The molecule has 0 spiro atoms. The molecule has 2 aliphatic rings. The fourth-order valence-electron chi connectivity index (χ4n) is 3.92. The van der Waals surface area contributed by atoms with Crippen molar-refractivity contribution in [1.29, 1.82) is 0 Å². The van der Waals surface area contributed by atoms with Gasteiger partial charge in [0.15, 0.2) is 0 Å². The Kier molecular flexibility index (Phi) is 8.58. The molecule has 0 aromatic carbocycles. The quantitative estimate of drug-likeness (QED) is 0.694. The summed E-state index contributed by atoms with van der Waals surface area (Å²) in [6.45, 7) is 7.88. The Morgan fingerprint density at radius 1 is 0.964 bits per heavy atom. The molecule has 2 fully saturated rings.